The van der Waals surface area contributed by atoms with Gasteiger partial charge in [0.1, 0.15) is 17.5 Å². The fourth-order valence-corrected chi connectivity index (χ4v) is 5.19. The largest absolute Gasteiger partial charge is 0.494 e. The summed E-state index contributed by atoms with van der Waals surface area (Å²) in [4.78, 5) is 30.9. The first-order valence-electron chi connectivity index (χ1n) is 11.9. The van der Waals surface area contributed by atoms with Crippen molar-refractivity contribution in [2.24, 2.45) is 0 Å². The first-order valence-corrected chi connectivity index (χ1v) is 11.9. The maximum atomic E-state index is 13.1. The minimum atomic E-state index is -0.287. The number of carbonyl (C=O) groups is 1. The van der Waals surface area contributed by atoms with Crippen LogP contribution in [-0.4, -0.2) is 74.2 Å². The first-order chi connectivity index (χ1) is 17.0. The maximum Gasteiger partial charge on any atom is 0.250 e. The summed E-state index contributed by atoms with van der Waals surface area (Å²) in [6.07, 6.45) is 2.39. The van der Waals surface area contributed by atoms with Gasteiger partial charge in [0.2, 0.25) is 11.9 Å². The Labute approximate surface area is 204 Å². The monoisotopic (exact) mass is 471 g/mol. The zero-order valence-electron chi connectivity index (χ0n) is 20.2. The van der Waals surface area contributed by atoms with E-state index in [-0.39, 0.29) is 11.9 Å². The van der Waals surface area contributed by atoms with Crippen LogP contribution in [0.5, 0.6) is 5.75 Å². The van der Waals surface area contributed by atoms with Crippen molar-refractivity contribution in [1.82, 2.24) is 14.9 Å². The summed E-state index contributed by atoms with van der Waals surface area (Å²) in [6.45, 7) is 4.07. The molecular formula is C26H29N7O2. The van der Waals surface area contributed by atoms with Gasteiger partial charge in [-0.1, -0.05) is 18.2 Å². The van der Waals surface area contributed by atoms with Crippen molar-refractivity contribution in [1.29, 1.82) is 0 Å². The number of hydrogen-bond acceptors (Lipinski definition) is 8. The van der Waals surface area contributed by atoms with Gasteiger partial charge in [-0.15, -0.1) is 0 Å². The third-order valence-electron chi connectivity index (χ3n) is 7.23. The fraction of sp³-hybridized carbons (Fsp3) is 0.346. The average molecular weight is 472 g/mol. The van der Waals surface area contributed by atoms with Gasteiger partial charge in [0.15, 0.2) is 5.82 Å². The number of likely N-dealkylation sites (N-methyl/N-ethyl adjacent to an activating group) is 2. The molecule has 1 N–H and O–H groups in total. The highest BCUT2D eigenvalue weighted by molar-refractivity contribution is 6.07. The van der Waals surface area contributed by atoms with Crippen LogP contribution >= 0.6 is 0 Å². The quantitative estimate of drug-likeness (QED) is 0.622. The predicted molar refractivity (Wildman–Crippen MR) is 138 cm³/mol. The SMILES string of the molecule is COc1cc(N2CCN(C)CC2)ccc1Nc1ncc2c(n1)N1c3ccccc3CC1C(=O)N2C. The molecule has 1 amide bonds. The van der Waals surface area contributed by atoms with E-state index in [0.29, 0.717) is 18.1 Å². The summed E-state index contributed by atoms with van der Waals surface area (Å²) in [5, 5.41) is 3.34. The number of aromatic nitrogens is 2. The van der Waals surface area contributed by atoms with Crippen LogP contribution in [0.4, 0.5) is 34.5 Å². The fourth-order valence-electron chi connectivity index (χ4n) is 5.19. The normalized spacial score (nSPS) is 19.3. The molecule has 9 heteroatoms. The van der Waals surface area contributed by atoms with E-state index in [1.54, 1.807) is 25.3 Å². The highest BCUT2D eigenvalue weighted by Gasteiger charge is 2.43. The van der Waals surface area contributed by atoms with E-state index in [4.69, 9.17) is 9.72 Å². The number of para-hydroxylation sites is 1. The van der Waals surface area contributed by atoms with Crippen molar-refractivity contribution in [3.63, 3.8) is 0 Å². The van der Waals surface area contributed by atoms with Crippen LogP contribution in [0.15, 0.2) is 48.7 Å². The lowest BCUT2D eigenvalue weighted by molar-refractivity contribution is -0.119. The van der Waals surface area contributed by atoms with E-state index in [0.717, 1.165) is 60.4 Å². The van der Waals surface area contributed by atoms with Gasteiger partial charge >= 0.3 is 0 Å². The maximum absolute atomic E-state index is 13.1. The Morgan fingerprint density at radius 3 is 2.63 bits per heavy atom. The van der Waals surface area contributed by atoms with Gasteiger partial charge in [-0.2, -0.15) is 4.98 Å². The number of nitrogens with one attached hydrogen (secondary N) is 1. The van der Waals surface area contributed by atoms with Gasteiger partial charge in [-0.25, -0.2) is 4.98 Å². The third kappa shape index (κ3) is 3.63. The van der Waals surface area contributed by atoms with Crippen molar-refractivity contribution in [3.05, 3.63) is 54.2 Å². The number of nitrogens with zero attached hydrogens (tertiary/aromatic N) is 6. The molecule has 3 aromatic rings. The van der Waals surface area contributed by atoms with Crippen molar-refractivity contribution in [2.75, 3.05) is 67.4 Å². The number of rotatable bonds is 4. The minimum absolute atomic E-state index is 0.0548. The number of ether oxygens (including phenoxy) is 1. The molecule has 1 fully saturated rings. The molecule has 9 nitrogen and oxygen atoms in total. The van der Waals surface area contributed by atoms with E-state index in [2.05, 4.69) is 45.3 Å². The molecule has 35 heavy (non-hydrogen) atoms. The molecule has 0 radical (unpaired) electrons. The number of amides is 1. The first kappa shape index (κ1) is 21.7. The number of fused-ring (bicyclic) bond motifs is 5. The highest BCUT2D eigenvalue weighted by atomic mass is 16.5. The molecule has 0 saturated carbocycles. The number of piperazine rings is 1. The van der Waals surface area contributed by atoms with Gasteiger partial charge in [0, 0.05) is 57.1 Å². The number of hydrogen-bond donors (Lipinski definition) is 1. The molecule has 3 aliphatic heterocycles. The Kier molecular flexibility index (Phi) is 5.21. The zero-order valence-corrected chi connectivity index (χ0v) is 20.2. The van der Waals surface area contributed by atoms with Crippen LogP contribution in [-0.2, 0) is 11.2 Å². The van der Waals surface area contributed by atoms with E-state index >= 15 is 0 Å². The van der Waals surface area contributed by atoms with Crippen LogP contribution in [0, 0.1) is 0 Å². The summed E-state index contributed by atoms with van der Waals surface area (Å²) in [5.41, 5.74) is 4.82. The Morgan fingerprint density at radius 1 is 1.03 bits per heavy atom. The Balaban J connectivity index is 1.32. The summed E-state index contributed by atoms with van der Waals surface area (Å²) >= 11 is 0. The summed E-state index contributed by atoms with van der Waals surface area (Å²) < 4.78 is 5.71. The second-order valence-corrected chi connectivity index (χ2v) is 9.32. The van der Waals surface area contributed by atoms with Crippen LogP contribution < -0.4 is 24.8 Å². The topological polar surface area (TPSA) is 77.1 Å². The molecule has 1 aromatic heterocycles. The van der Waals surface area contributed by atoms with Crippen molar-refractivity contribution in [2.45, 2.75) is 12.5 Å². The summed E-state index contributed by atoms with van der Waals surface area (Å²) in [5.74, 6) is 1.98. The zero-order chi connectivity index (χ0) is 24.1. The molecule has 0 aliphatic carbocycles. The van der Waals surface area contributed by atoms with E-state index < -0.39 is 0 Å². The Morgan fingerprint density at radius 2 is 1.83 bits per heavy atom. The summed E-state index contributed by atoms with van der Waals surface area (Å²) in [7, 11) is 5.62. The van der Waals surface area contributed by atoms with E-state index in [9.17, 15) is 4.79 Å². The number of anilines is 6. The van der Waals surface area contributed by atoms with Gasteiger partial charge in [0.05, 0.1) is 19.0 Å². The van der Waals surface area contributed by atoms with Crippen molar-refractivity contribution >= 4 is 40.4 Å². The smallest absolute Gasteiger partial charge is 0.250 e. The molecule has 4 heterocycles. The van der Waals surface area contributed by atoms with E-state index in [1.807, 2.05) is 29.2 Å². The molecule has 3 aliphatic rings. The molecule has 6 rings (SSSR count). The molecule has 1 atom stereocenters. The number of carbonyl (C=O) groups excluding carboxylic acids is 1. The standard InChI is InChI=1S/C26H29N7O2/c1-30-10-12-32(13-11-30)18-8-9-19(23(15-18)35-3)28-26-27-16-22-24(29-26)33-20-7-5-4-6-17(20)14-21(33)25(34)31(22)2/h4-9,15-16,21H,10-14H2,1-3H3,(H,27,28,29). The lowest BCUT2D eigenvalue weighted by Gasteiger charge is -2.36. The molecule has 0 bridgehead atoms. The molecule has 1 unspecified atom stereocenters. The van der Waals surface area contributed by atoms with Crippen molar-refractivity contribution < 1.29 is 9.53 Å². The van der Waals surface area contributed by atoms with Gasteiger partial charge in [0.25, 0.3) is 0 Å². The predicted octanol–water partition coefficient (Wildman–Crippen LogP) is 3.02. The van der Waals surface area contributed by atoms with Gasteiger partial charge in [-0.3, -0.25) is 4.79 Å². The second-order valence-electron chi connectivity index (χ2n) is 9.32. The lowest BCUT2D eigenvalue weighted by Crippen LogP contribution is -2.49. The van der Waals surface area contributed by atoms with Crippen LogP contribution in [0.1, 0.15) is 5.56 Å². The number of benzene rings is 2. The third-order valence-corrected chi connectivity index (χ3v) is 7.23. The Bertz CT molecular complexity index is 1290. The number of methoxy groups -OCH3 is 1. The highest BCUT2D eigenvalue weighted by Crippen LogP contribution is 2.45. The second kappa shape index (κ2) is 8.42. The molecule has 180 valence electrons. The summed E-state index contributed by atoms with van der Waals surface area (Å²) in [6, 6.07) is 14.0. The van der Waals surface area contributed by atoms with Crippen LogP contribution in [0.25, 0.3) is 0 Å². The molecule has 2 aromatic carbocycles. The molecular weight excluding hydrogens is 442 g/mol. The minimum Gasteiger partial charge on any atom is -0.494 e. The lowest BCUT2D eigenvalue weighted by atomic mass is 10.1. The Hall–Kier alpha value is -3.85. The van der Waals surface area contributed by atoms with Crippen LogP contribution in [0.2, 0.25) is 0 Å². The van der Waals surface area contributed by atoms with Crippen molar-refractivity contribution in [3.8, 4) is 5.75 Å². The molecule has 0 spiro atoms. The van der Waals surface area contributed by atoms with Gasteiger partial charge in [-0.05, 0) is 30.8 Å². The van der Waals surface area contributed by atoms with E-state index in [1.165, 1.54) is 0 Å². The van der Waals surface area contributed by atoms with Gasteiger partial charge < -0.3 is 29.7 Å². The molecule has 1 saturated heterocycles. The average Bonchev–Trinajstić information content (AvgIpc) is 3.28. The van der Waals surface area contributed by atoms with Crippen LogP contribution in [0.3, 0.4) is 0 Å².